The summed E-state index contributed by atoms with van der Waals surface area (Å²) in [4.78, 5) is 43.8. The lowest BCUT2D eigenvalue weighted by molar-refractivity contribution is -0.147. The van der Waals surface area contributed by atoms with Gasteiger partial charge in [0.15, 0.2) is 6.04 Å². The highest BCUT2D eigenvalue weighted by molar-refractivity contribution is 5.95. The highest BCUT2D eigenvalue weighted by atomic mass is 16.5. The number of hydrogen-bond donors (Lipinski definition) is 3. The molecular formula is C18H20N4O5. The normalized spacial score (nSPS) is 17.5. The lowest BCUT2D eigenvalue weighted by Gasteiger charge is -2.20. The summed E-state index contributed by atoms with van der Waals surface area (Å²) in [6.45, 7) is 0.434. The topological polar surface area (TPSA) is 139 Å². The summed E-state index contributed by atoms with van der Waals surface area (Å²) in [7, 11) is 0. The second-order valence-corrected chi connectivity index (χ2v) is 6.25. The zero-order valence-electron chi connectivity index (χ0n) is 14.5. The maximum atomic E-state index is 12.5. The number of esters is 1. The fraction of sp³-hybridized carbons (Fsp3) is 0.333. The monoisotopic (exact) mass is 372 g/mol. The standard InChI is InChI=1S/C18H20N4O5/c19-14(18(26)27-10-11-5-2-1-3-6-11)15-20-9-12(21-15)16(23)22-8-4-7-13(22)17(24)25/h1-3,5-6,9,13-14H,4,7-8,10,19H2,(H,20,21)(H,24,25)/t13-,14?/m0/s1. The van der Waals surface area contributed by atoms with Gasteiger partial charge in [0.25, 0.3) is 5.91 Å². The molecule has 1 unspecified atom stereocenters. The number of carbonyl (C=O) groups excluding carboxylic acids is 2. The summed E-state index contributed by atoms with van der Waals surface area (Å²) in [6, 6.07) is 7.12. The van der Waals surface area contributed by atoms with Gasteiger partial charge in [0.05, 0.1) is 6.20 Å². The molecule has 0 bridgehead atoms. The van der Waals surface area contributed by atoms with E-state index in [0.717, 1.165) is 5.56 Å². The highest BCUT2D eigenvalue weighted by Gasteiger charge is 2.35. The fourth-order valence-corrected chi connectivity index (χ4v) is 2.95. The third-order valence-electron chi connectivity index (χ3n) is 4.40. The Bertz CT molecular complexity index is 835. The van der Waals surface area contributed by atoms with Crippen LogP contribution in [0.3, 0.4) is 0 Å². The van der Waals surface area contributed by atoms with Gasteiger partial charge in [0.2, 0.25) is 0 Å². The van der Waals surface area contributed by atoms with Crippen molar-refractivity contribution in [2.45, 2.75) is 31.5 Å². The van der Waals surface area contributed by atoms with Crippen LogP contribution in [-0.2, 0) is 20.9 Å². The van der Waals surface area contributed by atoms with Crippen LogP contribution >= 0.6 is 0 Å². The van der Waals surface area contributed by atoms with Gasteiger partial charge < -0.3 is 25.5 Å². The van der Waals surface area contributed by atoms with Gasteiger partial charge >= 0.3 is 11.9 Å². The molecule has 1 saturated heterocycles. The average Bonchev–Trinajstić information content (AvgIpc) is 3.35. The van der Waals surface area contributed by atoms with Crippen LogP contribution in [0, 0.1) is 0 Å². The minimum absolute atomic E-state index is 0.0773. The minimum Gasteiger partial charge on any atom is -0.480 e. The lowest BCUT2D eigenvalue weighted by atomic mass is 10.2. The Hall–Kier alpha value is -3.20. The molecule has 2 aromatic rings. The summed E-state index contributed by atoms with van der Waals surface area (Å²) >= 11 is 0. The summed E-state index contributed by atoms with van der Waals surface area (Å²) in [6.07, 6.45) is 2.28. The number of amides is 1. The number of nitrogens with zero attached hydrogens (tertiary/aromatic N) is 2. The first-order valence-corrected chi connectivity index (χ1v) is 8.52. The second kappa shape index (κ2) is 8.00. The van der Waals surface area contributed by atoms with Gasteiger partial charge in [-0.25, -0.2) is 14.6 Å². The number of benzene rings is 1. The van der Waals surface area contributed by atoms with Crippen molar-refractivity contribution in [1.82, 2.24) is 14.9 Å². The number of aromatic nitrogens is 2. The van der Waals surface area contributed by atoms with Crippen molar-refractivity contribution in [2.75, 3.05) is 6.54 Å². The number of aliphatic carboxylic acids is 1. The van der Waals surface area contributed by atoms with Crippen molar-refractivity contribution < 1.29 is 24.2 Å². The van der Waals surface area contributed by atoms with E-state index in [-0.39, 0.29) is 18.1 Å². The number of carboxylic acids is 1. The van der Waals surface area contributed by atoms with E-state index in [0.29, 0.717) is 19.4 Å². The number of carboxylic acid groups (broad SMARTS) is 1. The molecule has 0 radical (unpaired) electrons. The molecule has 9 heteroatoms. The van der Waals surface area contributed by atoms with Crippen molar-refractivity contribution in [1.29, 1.82) is 0 Å². The molecule has 1 aromatic carbocycles. The van der Waals surface area contributed by atoms with E-state index in [1.807, 2.05) is 30.3 Å². The molecule has 0 aliphatic carbocycles. The molecule has 2 heterocycles. The van der Waals surface area contributed by atoms with Crippen molar-refractivity contribution in [2.24, 2.45) is 5.73 Å². The third-order valence-corrected chi connectivity index (χ3v) is 4.40. The largest absolute Gasteiger partial charge is 0.480 e. The SMILES string of the molecule is NC(C(=O)OCc1ccccc1)c1ncc(C(=O)N2CCC[C@H]2C(=O)O)[nH]1. The number of imidazole rings is 1. The number of carbonyl (C=O) groups is 3. The van der Waals surface area contributed by atoms with Crippen LogP contribution in [0.15, 0.2) is 36.5 Å². The number of likely N-dealkylation sites (tertiary alicyclic amines) is 1. The van der Waals surface area contributed by atoms with Crippen LogP contribution in [0.2, 0.25) is 0 Å². The van der Waals surface area contributed by atoms with E-state index in [1.165, 1.54) is 11.1 Å². The molecular weight excluding hydrogens is 352 g/mol. The number of ether oxygens (including phenoxy) is 1. The van der Waals surface area contributed by atoms with E-state index in [2.05, 4.69) is 9.97 Å². The Morgan fingerprint density at radius 2 is 2.07 bits per heavy atom. The predicted octanol–water partition coefficient (Wildman–Crippen LogP) is 0.842. The van der Waals surface area contributed by atoms with Crippen molar-refractivity contribution >= 4 is 17.8 Å². The number of H-pyrrole nitrogens is 1. The molecule has 27 heavy (non-hydrogen) atoms. The number of aromatic amines is 1. The Morgan fingerprint density at radius 3 is 2.78 bits per heavy atom. The Labute approximate surface area is 155 Å². The van der Waals surface area contributed by atoms with Crippen molar-refractivity contribution in [3.8, 4) is 0 Å². The van der Waals surface area contributed by atoms with Crippen LogP contribution in [0.25, 0.3) is 0 Å². The Morgan fingerprint density at radius 1 is 1.33 bits per heavy atom. The van der Waals surface area contributed by atoms with Gasteiger partial charge in [-0.05, 0) is 18.4 Å². The van der Waals surface area contributed by atoms with Crippen LogP contribution in [0.4, 0.5) is 0 Å². The molecule has 9 nitrogen and oxygen atoms in total. The lowest BCUT2D eigenvalue weighted by Crippen LogP contribution is -2.40. The van der Waals surface area contributed by atoms with Gasteiger partial charge in [0, 0.05) is 6.54 Å². The predicted molar refractivity (Wildman–Crippen MR) is 93.4 cm³/mol. The van der Waals surface area contributed by atoms with Crippen molar-refractivity contribution in [3.63, 3.8) is 0 Å². The summed E-state index contributed by atoms with van der Waals surface area (Å²) < 4.78 is 5.17. The molecule has 1 amide bonds. The van der Waals surface area contributed by atoms with E-state index in [4.69, 9.17) is 10.5 Å². The van der Waals surface area contributed by atoms with Gasteiger partial charge in [0.1, 0.15) is 24.2 Å². The number of nitrogens with two attached hydrogens (primary N) is 1. The van der Waals surface area contributed by atoms with Crippen LogP contribution in [0.5, 0.6) is 0 Å². The molecule has 3 rings (SSSR count). The van der Waals surface area contributed by atoms with Gasteiger partial charge in [-0.15, -0.1) is 0 Å². The molecule has 2 atom stereocenters. The van der Waals surface area contributed by atoms with E-state index in [1.54, 1.807) is 0 Å². The average molecular weight is 372 g/mol. The first-order chi connectivity index (χ1) is 13.0. The maximum absolute atomic E-state index is 12.5. The molecule has 0 saturated carbocycles. The van der Waals surface area contributed by atoms with E-state index < -0.39 is 29.9 Å². The quantitative estimate of drug-likeness (QED) is 0.639. The zero-order valence-corrected chi connectivity index (χ0v) is 14.5. The smallest absolute Gasteiger partial charge is 0.331 e. The van der Waals surface area contributed by atoms with Crippen molar-refractivity contribution in [3.05, 3.63) is 53.6 Å². The summed E-state index contributed by atoms with van der Waals surface area (Å²) in [5.74, 6) is -2.12. The minimum atomic E-state index is -1.18. The maximum Gasteiger partial charge on any atom is 0.331 e. The van der Waals surface area contributed by atoms with Crippen LogP contribution in [0.1, 0.15) is 40.8 Å². The van der Waals surface area contributed by atoms with E-state index >= 15 is 0 Å². The Kier molecular flexibility index (Phi) is 5.51. The van der Waals surface area contributed by atoms with Gasteiger partial charge in [-0.2, -0.15) is 0 Å². The van der Waals surface area contributed by atoms with Crippen LogP contribution < -0.4 is 5.73 Å². The number of nitrogens with one attached hydrogen (secondary N) is 1. The molecule has 1 fully saturated rings. The molecule has 1 aliphatic heterocycles. The van der Waals surface area contributed by atoms with E-state index in [9.17, 15) is 19.5 Å². The van der Waals surface area contributed by atoms with Gasteiger partial charge in [-0.3, -0.25) is 4.79 Å². The highest BCUT2D eigenvalue weighted by Crippen LogP contribution is 2.20. The molecule has 1 aromatic heterocycles. The fourth-order valence-electron chi connectivity index (χ4n) is 2.95. The third kappa shape index (κ3) is 4.14. The summed E-state index contributed by atoms with van der Waals surface area (Å²) in [5, 5.41) is 9.20. The van der Waals surface area contributed by atoms with Crippen LogP contribution in [-0.4, -0.2) is 50.4 Å². The Balaban J connectivity index is 1.63. The van der Waals surface area contributed by atoms with Gasteiger partial charge in [-0.1, -0.05) is 30.3 Å². The first-order valence-electron chi connectivity index (χ1n) is 8.52. The molecule has 1 aliphatic rings. The molecule has 0 spiro atoms. The molecule has 142 valence electrons. The molecule has 4 N–H and O–H groups in total. The summed E-state index contributed by atoms with van der Waals surface area (Å²) in [5.41, 5.74) is 6.77. The number of rotatable bonds is 6. The number of hydrogen-bond acceptors (Lipinski definition) is 6. The first kappa shape index (κ1) is 18.6. The zero-order chi connectivity index (χ0) is 19.4. The second-order valence-electron chi connectivity index (χ2n) is 6.25.